The van der Waals surface area contributed by atoms with Gasteiger partial charge in [0.05, 0.1) is 11.6 Å². The van der Waals surface area contributed by atoms with Crippen molar-refractivity contribution < 1.29 is 14.0 Å². The van der Waals surface area contributed by atoms with Crippen LogP contribution in [0.4, 0.5) is 0 Å². The summed E-state index contributed by atoms with van der Waals surface area (Å²) in [6.07, 6.45) is 0.990. The van der Waals surface area contributed by atoms with Gasteiger partial charge in [-0.2, -0.15) is 0 Å². The molecule has 5 heteroatoms. The molecule has 1 aromatic carbocycles. The SMILES string of the molecule is COC(=O)CCc1ccc(C(C)(C)C)c(Br)c1O[Si](C)C. The molecule has 0 N–H and O–H groups in total. The lowest BCUT2D eigenvalue weighted by molar-refractivity contribution is -0.140. The highest BCUT2D eigenvalue weighted by molar-refractivity contribution is 9.10. The number of carbonyl (C=O) groups is 1. The first kappa shape index (κ1) is 18.2. The van der Waals surface area contributed by atoms with Crippen LogP contribution in [0.15, 0.2) is 16.6 Å². The molecule has 0 saturated heterocycles. The zero-order chi connectivity index (χ0) is 16.2. The fourth-order valence-corrected chi connectivity index (χ4v) is 3.88. The van der Waals surface area contributed by atoms with Gasteiger partial charge in [-0.15, -0.1) is 0 Å². The van der Waals surface area contributed by atoms with Crippen LogP contribution in [0.25, 0.3) is 0 Å². The molecule has 0 aliphatic heterocycles. The van der Waals surface area contributed by atoms with Crippen LogP contribution < -0.4 is 4.43 Å². The van der Waals surface area contributed by atoms with Crippen molar-refractivity contribution in [3.8, 4) is 5.75 Å². The number of hydrogen-bond donors (Lipinski definition) is 0. The average molecular weight is 372 g/mol. The van der Waals surface area contributed by atoms with Gasteiger partial charge >= 0.3 is 5.97 Å². The van der Waals surface area contributed by atoms with Crippen molar-refractivity contribution in [3.05, 3.63) is 27.7 Å². The van der Waals surface area contributed by atoms with E-state index in [0.717, 1.165) is 15.8 Å². The van der Waals surface area contributed by atoms with E-state index in [9.17, 15) is 4.79 Å². The van der Waals surface area contributed by atoms with Crippen LogP contribution in [0.5, 0.6) is 5.75 Å². The summed E-state index contributed by atoms with van der Waals surface area (Å²) < 4.78 is 11.8. The zero-order valence-electron chi connectivity index (χ0n) is 13.7. The first-order chi connectivity index (χ1) is 9.66. The lowest BCUT2D eigenvalue weighted by Gasteiger charge is -2.25. The topological polar surface area (TPSA) is 35.5 Å². The van der Waals surface area contributed by atoms with Crippen molar-refractivity contribution in [2.75, 3.05) is 7.11 Å². The first-order valence-corrected chi connectivity index (χ1v) is 10.2. The molecule has 0 spiro atoms. The predicted octanol–water partition coefficient (Wildman–Crippen LogP) is 4.48. The monoisotopic (exact) mass is 371 g/mol. The van der Waals surface area contributed by atoms with Crippen LogP contribution in [0.3, 0.4) is 0 Å². The minimum atomic E-state index is -0.882. The Morgan fingerprint density at radius 3 is 2.38 bits per heavy atom. The maximum atomic E-state index is 11.4. The third kappa shape index (κ3) is 5.15. The van der Waals surface area contributed by atoms with E-state index >= 15 is 0 Å². The molecule has 0 atom stereocenters. The van der Waals surface area contributed by atoms with Gasteiger partial charge in [-0.25, -0.2) is 0 Å². The van der Waals surface area contributed by atoms with Crippen molar-refractivity contribution >= 4 is 30.9 Å². The molecular weight excluding hydrogens is 348 g/mol. The first-order valence-electron chi connectivity index (χ1n) is 7.03. The molecular formula is C16H24BrO3Si. The summed E-state index contributed by atoms with van der Waals surface area (Å²) in [5, 5.41) is 0. The lowest BCUT2D eigenvalue weighted by atomic mass is 9.86. The highest BCUT2D eigenvalue weighted by Gasteiger charge is 2.22. The molecule has 0 aromatic heterocycles. The highest BCUT2D eigenvalue weighted by Crippen LogP contribution is 2.39. The van der Waals surface area contributed by atoms with Gasteiger partial charge in [-0.1, -0.05) is 32.9 Å². The van der Waals surface area contributed by atoms with Crippen LogP contribution in [0.1, 0.15) is 38.3 Å². The van der Waals surface area contributed by atoms with E-state index < -0.39 is 9.04 Å². The summed E-state index contributed by atoms with van der Waals surface area (Å²) in [5.41, 5.74) is 2.29. The Bertz CT molecular complexity index is 507. The molecule has 1 aromatic rings. The Labute approximate surface area is 137 Å². The second-order valence-electron chi connectivity index (χ2n) is 6.25. The number of aryl methyl sites for hydroxylation is 1. The zero-order valence-corrected chi connectivity index (χ0v) is 16.3. The molecule has 0 amide bonds. The summed E-state index contributed by atoms with van der Waals surface area (Å²) in [6.45, 7) is 10.7. The molecule has 0 aliphatic carbocycles. The lowest BCUT2D eigenvalue weighted by Crippen LogP contribution is -2.17. The Balaban J connectivity index is 3.18. The number of esters is 1. The number of rotatable bonds is 5. The van der Waals surface area contributed by atoms with Crippen molar-refractivity contribution in [1.82, 2.24) is 0 Å². The quantitative estimate of drug-likeness (QED) is 0.565. The largest absolute Gasteiger partial charge is 0.542 e. The fourth-order valence-electron chi connectivity index (χ4n) is 2.03. The second-order valence-corrected chi connectivity index (χ2v) is 9.07. The minimum absolute atomic E-state index is 0.0339. The van der Waals surface area contributed by atoms with E-state index in [2.05, 4.69) is 61.9 Å². The molecule has 117 valence electrons. The van der Waals surface area contributed by atoms with Crippen LogP contribution in [-0.2, 0) is 21.4 Å². The van der Waals surface area contributed by atoms with Crippen LogP contribution in [0, 0.1) is 0 Å². The molecule has 3 nitrogen and oxygen atoms in total. The van der Waals surface area contributed by atoms with E-state index in [-0.39, 0.29) is 11.4 Å². The maximum Gasteiger partial charge on any atom is 0.305 e. The third-order valence-corrected chi connectivity index (χ3v) is 4.52. The summed E-state index contributed by atoms with van der Waals surface area (Å²) in [7, 11) is 0.532. The molecule has 0 bridgehead atoms. The van der Waals surface area contributed by atoms with Gasteiger partial charge in [0.25, 0.3) is 9.04 Å². The smallest absolute Gasteiger partial charge is 0.305 e. The van der Waals surface area contributed by atoms with Crippen LogP contribution >= 0.6 is 15.9 Å². The average Bonchev–Trinajstić information content (AvgIpc) is 2.37. The number of hydrogen-bond acceptors (Lipinski definition) is 3. The normalized spacial score (nSPS) is 11.6. The van der Waals surface area contributed by atoms with Crippen molar-refractivity contribution in [1.29, 1.82) is 0 Å². The third-order valence-electron chi connectivity index (χ3n) is 3.12. The molecule has 0 unspecified atom stereocenters. The van der Waals surface area contributed by atoms with Crippen molar-refractivity contribution in [2.45, 2.75) is 52.1 Å². The van der Waals surface area contributed by atoms with Gasteiger partial charge in [0.15, 0.2) is 0 Å². The Morgan fingerprint density at radius 2 is 1.90 bits per heavy atom. The molecule has 21 heavy (non-hydrogen) atoms. The summed E-state index contributed by atoms with van der Waals surface area (Å²) >= 11 is 3.70. The Morgan fingerprint density at radius 1 is 1.29 bits per heavy atom. The van der Waals surface area contributed by atoms with Gasteiger partial charge in [0.1, 0.15) is 5.75 Å². The van der Waals surface area contributed by atoms with E-state index in [1.165, 1.54) is 12.7 Å². The van der Waals surface area contributed by atoms with E-state index in [4.69, 9.17) is 9.16 Å². The predicted molar refractivity (Wildman–Crippen MR) is 91.3 cm³/mol. The maximum absolute atomic E-state index is 11.4. The number of carbonyl (C=O) groups excluding carboxylic acids is 1. The van der Waals surface area contributed by atoms with Crippen molar-refractivity contribution in [3.63, 3.8) is 0 Å². The van der Waals surface area contributed by atoms with Gasteiger partial charge in [0, 0.05) is 6.42 Å². The molecule has 0 fully saturated rings. The van der Waals surface area contributed by atoms with Gasteiger partial charge in [0.2, 0.25) is 0 Å². The highest BCUT2D eigenvalue weighted by atomic mass is 79.9. The fraction of sp³-hybridized carbons (Fsp3) is 0.562. The molecule has 0 aliphatic rings. The molecule has 1 radical (unpaired) electrons. The number of benzene rings is 1. The number of halogens is 1. The van der Waals surface area contributed by atoms with Gasteiger partial charge < -0.3 is 9.16 Å². The minimum Gasteiger partial charge on any atom is -0.542 e. The molecule has 0 saturated carbocycles. The standard InChI is InChI=1S/C16H24BrO3Si/c1-16(2,3)12-9-7-11(8-10-13(18)19-4)15(14(12)17)20-21(5)6/h7,9H,8,10H2,1-6H3. The Kier molecular flexibility index (Phi) is 6.47. The van der Waals surface area contributed by atoms with E-state index in [1.807, 2.05) is 0 Å². The number of ether oxygens (including phenoxy) is 1. The molecule has 1 rings (SSSR count). The summed E-state index contributed by atoms with van der Waals surface area (Å²) in [5.74, 6) is 0.681. The van der Waals surface area contributed by atoms with Crippen LogP contribution in [-0.4, -0.2) is 22.1 Å². The molecule has 0 heterocycles. The Hall–Kier alpha value is -0.813. The summed E-state index contributed by atoms with van der Waals surface area (Å²) in [6, 6.07) is 4.18. The van der Waals surface area contributed by atoms with Gasteiger partial charge in [-0.05, 0) is 52.0 Å². The van der Waals surface area contributed by atoms with E-state index in [1.54, 1.807) is 0 Å². The summed E-state index contributed by atoms with van der Waals surface area (Å²) in [4.78, 5) is 11.4. The van der Waals surface area contributed by atoms with Gasteiger partial charge in [-0.3, -0.25) is 4.79 Å². The van der Waals surface area contributed by atoms with Crippen LogP contribution in [0.2, 0.25) is 13.1 Å². The second kappa shape index (κ2) is 7.45. The van der Waals surface area contributed by atoms with Crippen molar-refractivity contribution in [2.24, 2.45) is 0 Å². The number of methoxy groups -OCH3 is 1. The van der Waals surface area contributed by atoms with E-state index in [0.29, 0.717) is 12.8 Å².